The highest BCUT2D eigenvalue weighted by Crippen LogP contribution is 2.19. The first-order chi connectivity index (χ1) is 16.3. The Morgan fingerprint density at radius 2 is 1.62 bits per heavy atom. The van der Waals surface area contributed by atoms with Gasteiger partial charge in [-0.05, 0) is 62.2 Å². The number of halogens is 1. The normalized spacial score (nSPS) is 10.7. The molecule has 0 aliphatic heterocycles. The standard InChI is InChI=1S/C27H32FN3O2S/c1-4-5-16-30(27(33)29-24-13-6-20(2)7-14-24)19-26(32)31(18-25-15-8-21(3)34-25)17-22-9-11-23(28)12-10-22/h6-15H,4-5,16-19H2,1-3H3,(H,29,33). The number of carbonyl (C=O) groups is 2. The summed E-state index contributed by atoms with van der Waals surface area (Å²) in [5.41, 5.74) is 2.64. The second-order valence-corrected chi connectivity index (χ2v) is 9.83. The molecule has 0 aliphatic carbocycles. The minimum absolute atomic E-state index is 0.0246. The zero-order valence-corrected chi connectivity index (χ0v) is 20.8. The monoisotopic (exact) mass is 481 g/mol. The molecule has 3 rings (SSSR count). The smallest absolute Gasteiger partial charge is 0.322 e. The molecule has 5 nitrogen and oxygen atoms in total. The Bertz CT molecular complexity index is 1080. The fraction of sp³-hybridized carbons (Fsp3) is 0.333. The van der Waals surface area contributed by atoms with Crippen LogP contribution < -0.4 is 5.32 Å². The van der Waals surface area contributed by atoms with Crippen molar-refractivity contribution in [3.63, 3.8) is 0 Å². The molecule has 0 unspecified atom stereocenters. The number of carbonyl (C=O) groups excluding carboxylic acids is 2. The minimum Gasteiger partial charge on any atom is -0.332 e. The molecule has 0 saturated carbocycles. The van der Waals surface area contributed by atoms with Crippen LogP contribution in [-0.2, 0) is 17.9 Å². The lowest BCUT2D eigenvalue weighted by Gasteiger charge is -2.28. The van der Waals surface area contributed by atoms with Gasteiger partial charge in [-0.25, -0.2) is 9.18 Å². The van der Waals surface area contributed by atoms with E-state index >= 15 is 0 Å². The number of amides is 3. The van der Waals surface area contributed by atoms with Gasteiger partial charge in [-0.3, -0.25) is 4.79 Å². The van der Waals surface area contributed by atoms with E-state index in [0.29, 0.717) is 25.3 Å². The number of thiophene rings is 1. The zero-order valence-electron chi connectivity index (χ0n) is 20.0. The van der Waals surface area contributed by atoms with E-state index in [-0.39, 0.29) is 24.3 Å². The van der Waals surface area contributed by atoms with Crippen LogP contribution in [0.1, 0.15) is 40.6 Å². The maximum absolute atomic E-state index is 13.4. The van der Waals surface area contributed by atoms with Crippen LogP contribution in [0.15, 0.2) is 60.7 Å². The summed E-state index contributed by atoms with van der Waals surface area (Å²) >= 11 is 1.64. The van der Waals surface area contributed by atoms with Gasteiger partial charge in [0.2, 0.25) is 5.91 Å². The summed E-state index contributed by atoms with van der Waals surface area (Å²) in [6.45, 7) is 7.32. The summed E-state index contributed by atoms with van der Waals surface area (Å²) in [5, 5.41) is 2.91. The Morgan fingerprint density at radius 3 is 2.24 bits per heavy atom. The van der Waals surface area contributed by atoms with Crippen LogP contribution in [0.4, 0.5) is 14.9 Å². The first-order valence-electron chi connectivity index (χ1n) is 11.5. The zero-order chi connectivity index (χ0) is 24.5. The van der Waals surface area contributed by atoms with Crippen LogP contribution in [-0.4, -0.2) is 34.8 Å². The summed E-state index contributed by atoms with van der Waals surface area (Å²) < 4.78 is 13.4. The number of urea groups is 1. The summed E-state index contributed by atoms with van der Waals surface area (Å²) in [6.07, 6.45) is 1.72. The third-order valence-electron chi connectivity index (χ3n) is 5.48. The Balaban J connectivity index is 1.75. The number of hydrogen-bond donors (Lipinski definition) is 1. The molecule has 2 aromatic carbocycles. The highest BCUT2D eigenvalue weighted by molar-refractivity contribution is 7.11. The minimum atomic E-state index is -0.311. The van der Waals surface area contributed by atoms with Gasteiger partial charge in [0.15, 0.2) is 0 Å². The van der Waals surface area contributed by atoms with E-state index in [9.17, 15) is 14.0 Å². The molecule has 1 N–H and O–H groups in total. The molecule has 0 radical (unpaired) electrons. The predicted molar refractivity (Wildman–Crippen MR) is 136 cm³/mol. The van der Waals surface area contributed by atoms with E-state index in [1.807, 2.05) is 50.2 Å². The van der Waals surface area contributed by atoms with Gasteiger partial charge in [0.05, 0.1) is 6.54 Å². The van der Waals surface area contributed by atoms with Crippen molar-refractivity contribution in [3.8, 4) is 0 Å². The Hall–Kier alpha value is -3.19. The van der Waals surface area contributed by atoms with Crippen LogP contribution in [0.2, 0.25) is 0 Å². The fourth-order valence-corrected chi connectivity index (χ4v) is 4.41. The SMILES string of the molecule is CCCCN(CC(=O)N(Cc1ccc(F)cc1)Cc1ccc(C)s1)C(=O)Nc1ccc(C)cc1. The molecule has 7 heteroatoms. The van der Waals surface area contributed by atoms with Gasteiger partial charge in [0, 0.05) is 28.5 Å². The lowest BCUT2D eigenvalue weighted by atomic mass is 10.2. The molecule has 0 saturated heterocycles. The fourth-order valence-electron chi connectivity index (χ4n) is 3.50. The molecule has 0 fully saturated rings. The molecule has 3 amide bonds. The number of nitrogens with zero attached hydrogens (tertiary/aromatic N) is 2. The highest BCUT2D eigenvalue weighted by Gasteiger charge is 2.22. The van der Waals surface area contributed by atoms with Crippen LogP contribution >= 0.6 is 11.3 Å². The molecular formula is C27H32FN3O2S. The third-order valence-corrected chi connectivity index (χ3v) is 6.47. The van der Waals surface area contributed by atoms with Gasteiger partial charge < -0.3 is 15.1 Å². The topological polar surface area (TPSA) is 52.7 Å². The van der Waals surface area contributed by atoms with Crippen molar-refractivity contribution in [2.45, 2.75) is 46.7 Å². The Morgan fingerprint density at radius 1 is 0.912 bits per heavy atom. The molecular weight excluding hydrogens is 449 g/mol. The maximum atomic E-state index is 13.4. The summed E-state index contributed by atoms with van der Waals surface area (Å²) in [6, 6.07) is 17.5. The Kier molecular flexibility index (Phi) is 9.22. The lowest BCUT2D eigenvalue weighted by Crippen LogP contribution is -2.44. The second-order valence-electron chi connectivity index (χ2n) is 8.46. The number of unbranched alkanes of at least 4 members (excludes halogenated alkanes) is 1. The predicted octanol–water partition coefficient (Wildman–Crippen LogP) is 6.37. The van der Waals surface area contributed by atoms with Crippen molar-refractivity contribution in [1.29, 1.82) is 0 Å². The van der Waals surface area contributed by atoms with E-state index in [2.05, 4.69) is 12.2 Å². The first-order valence-corrected chi connectivity index (χ1v) is 12.4. The Labute approximate surface area is 205 Å². The number of nitrogens with one attached hydrogen (secondary N) is 1. The van der Waals surface area contributed by atoms with E-state index in [4.69, 9.17) is 0 Å². The molecule has 0 aliphatic rings. The van der Waals surface area contributed by atoms with E-state index in [1.54, 1.807) is 33.3 Å². The molecule has 3 aromatic rings. The van der Waals surface area contributed by atoms with Crippen molar-refractivity contribution in [1.82, 2.24) is 9.80 Å². The highest BCUT2D eigenvalue weighted by atomic mass is 32.1. The van der Waals surface area contributed by atoms with Gasteiger partial charge in [0.1, 0.15) is 12.4 Å². The summed E-state index contributed by atoms with van der Waals surface area (Å²) in [5.74, 6) is -0.459. The molecule has 1 aromatic heterocycles. The maximum Gasteiger partial charge on any atom is 0.322 e. The molecule has 1 heterocycles. The third kappa shape index (κ3) is 7.70. The lowest BCUT2D eigenvalue weighted by molar-refractivity contribution is -0.133. The number of rotatable bonds is 10. The van der Waals surface area contributed by atoms with Crippen molar-refractivity contribution in [3.05, 3.63) is 87.4 Å². The summed E-state index contributed by atoms with van der Waals surface area (Å²) in [7, 11) is 0. The largest absolute Gasteiger partial charge is 0.332 e. The van der Waals surface area contributed by atoms with Crippen LogP contribution in [0, 0.1) is 19.7 Å². The van der Waals surface area contributed by atoms with Crippen molar-refractivity contribution < 1.29 is 14.0 Å². The molecule has 180 valence electrons. The quantitative estimate of drug-likeness (QED) is 0.366. The molecule has 0 bridgehead atoms. The van der Waals surface area contributed by atoms with Crippen molar-refractivity contribution >= 4 is 29.0 Å². The van der Waals surface area contributed by atoms with Crippen LogP contribution in [0.25, 0.3) is 0 Å². The van der Waals surface area contributed by atoms with E-state index in [0.717, 1.165) is 28.8 Å². The average molecular weight is 482 g/mol. The van der Waals surface area contributed by atoms with E-state index < -0.39 is 0 Å². The van der Waals surface area contributed by atoms with Crippen LogP contribution in [0.3, 0.4) is 0 Å². The van der Waals surface area contributed by atoms with Gasteiger partial charge in [0.25, 0.3) is 0 Å². The number of hydrogen-bond acceptors (Lipinski definition) is 3. The van der Waals surface area contributed by atoms with Crippen molar-refractivity contribution in [2.75, 3.05) is 18.4 Å². The number of benzene rings is 2. The van der Waals surface area contributed by atoms with Crippen LogP contribution in [0.5, 0.6) is 0 Å². The summed E-state index contributed by atoms with van der Waals surface area (Å²) in [4.78, 5) is 32.0. The average Bonchev–Trinajstić information content (AvgIpc) is 3.23. The van der Waals surface area contributed by atoms with Crippen molar-refractivity contribution in [2.24, 2.45) is 0 Å². The van der Waals surface area contributed by atoms with Gasteiger partial charge in [-0.15, -0.1) is 11.3 Å². The number of anilines is 1. The van der Waals surface area contributed by atoms with Gasteiger partial charge in [-0.2, -0.15) is 0 Å². The molecule has 0 spiro atoms. The number of aryl methyl sites for hydroxylation is 2. The first kappa shape index (κ1) is 25.4. The second kappa shape index (κ2) is 12.3. The van der Waals surface area contributed by atoms with Gasteiger partial charge >= 0.3 is 6.03 Å². The molecule has 0 atom stereocenters. The van der Waals surface area contributed by atoms with E-state index in [1.165, 1.54) is 17.0 Å². The van der Waals surface area contributed by atoms with Gasteiger partial charge in [-0.1, -0.05) is 43.2 Å². The molecule has 34 heavy (non-hydrogen) atoms.